The van der Waals surface area contributed by atoms with Crippen molar-refractivity contribution in [2.24, 2.45) is 0 Å². The molecule has 10 heavy (non-hydrogen) atoms. The molecule has 3 nitrogen and oxygen atoms in total. The van der Waals surface area contributed by atoms with Gasteiger partial charge in [-0.3, -0.25) is 0 Å². The Bertz CT molecular complexity index is 199. The van der Waals surface area contributed by atoms with Gasteiger partial charge in [-0.25, -0.2) is 4.98 Å². The van der Waals surface area contributed by atoms with Gasteiger partial charge in [-0.1, -0.05) is 0 Å². The van der Waals surface area contributed by atoms with Crippen LogP contribution in [0.1, 0.15) is 4.88 Å². The van der Waals surface area contributed by atoms with Crippen LogP contribution in [0.15, 0.2) is 6.20 Å². The predicted molar refractivity (Wildman–Crippen MR) is 42.3 cm³/mol. The van der Waals surface area contributed by atoms with E-state index in [2.05, 4.69) is 10.3 Å². The van der Waals surface area contributed by atoms with Crippen LogP contribution in [0.4, 0.5) is 5.13 Å². The molecule has 1 rings (SSSR count). The molecule has 4 heteroatoms. The van der Waals surface area contributed by atoms with Crippen molar-refractivity contribution in [2.45, 2.75) is 6.92 Å². The predicted octanol–water partition coefficient (Wildman–Crippen LogP) is 1.47. The van der Waals surface area contributed by atoms with Gasteiger partial charge < -0.3 is 10.1 Å². The highest BCUT2D eigenvalue weighted by Crippen LogP contribution is 2.15. The molecule has 0 aliphatic rings. The van der Waals surface area contributed by atoms with E-state index in [1.165, 1.54) is 4.88 Å². The van der Waals surface area contributed by atoms with Crippen molar-refractivity contribution in [1.29, 1.82) is 0 Å². The second-order valence-corrected chi connectivity index (χ2v) is 3.12. The minimum absolute atomic E-state index is 0.521. The first-order valence-corrected chi connectivity index (χ1v) is 3.80. The van der Waals surface area contributed by atoms with Crippen LogP contribution in [-0.2, 0) is 4.74 Å². The fraction of sp³-hybridized carbons (Fsp3) is 0.500. The van der Waals surface area contributed by atoms with Crippen molar-refractivity contribution in [3.63, 3.8) is 0 Å². The van der Waals surface area contributed by atoms with Gasteiger partial charge in [0.05, 0.1) is 0 Å². The molecule has 0 spiro atoms. The van der Waals surface area contributed by atoms with Crippen LogP contribution in [0.5, 0.6) is 0 Å². The summed E-state index contributed by atoms with van der Waals surface area (Å²) >= 11 is 1.63. The van der Waals surface area contributed by atoms with E-state index in [4.69, 9.17) is 4.74 Å². The third-order valence-electron chi connectivity index (χ3n) is 0.989. The zero-order valence-electron chi connectivity index (χ0n) is 6.05. The Morgan fingerprint density at radius 2 is 2.60 bits per heavy atom. The quantitative estimate of drug-likeness (QED) is 0.676. The molecular weight excluding hydrogens is 148 g/mol. The standard InChI is InChI=1S/C6H10N2OS/c1-5-3-7-6(10-5)8-4-9-2/h3H,4H2,1-2H3,(H,7,8). The molecule has 0 aromatic carbocycles. The number of nitrogens with one attached hydrogen (secondary N) is 1. The highest BCUT2D eigenvalue weighted by molar-refractivity contribution is 7.15. The summed E-state index contributed by atoms with van der Waals surface area (Å²) < 4.78 is 4.81. The fourth-order valence-electron chi connectivity index (χ4n) is 0.570. The summed E-state index contributed by atoms with van der Waals surface area (Å²) in [6, 6.07) is 0. The van der Waals surface area contributed by atoms with Crippen molar-refractivity contribution in [3.8, 4) is 0 Å². The number of ether oxygens (including phenoxy) is 1. The van der Waals surface area contributed by atoms with Crippen LogP contribution in [0.2, 0.25) is 0 Å². The van der Waals surface area contributed by atoms with Crippen LogP contribution in [0, 0.1) is 6.92 Å². The van der Waals surface area contributed by atoms with Gasteiger partial charge in [0.2, 0.25) is 0 Å². The Morgan fingerprint density at radius 3 is 3.10 bits per heavy atom. The topological polar surface area (TPSA) is 34.1 Å². The highest BCUT2D eigenvalue weighted by atomic mass is 32.1. The number of nitrogens with zero attached hydrogens (tertiary/aromatic N) is 1. The Labute approximate surface area is 64.0 Å². The van der Waals surface area contributed by atoms with E-state index in [1.54, 1.807) is 18.4 Å². The number of methoxy groups -OCH3 is 1. The molecule has 0 saturated carbocycles. The Morgan fingerprint density at radius 1 is 1.80 bits per heavy atom. The molecular formula is C6H10N2OS. The molecule has 0 atom stereocenters. The summed E-state index contributed by atoms with van der Waals surface area (Å²) in [6.45, 7) is 2.54. The molecule has 1 N–H and O–H groups in total. The van der Waals surface area contributed by atoms with Gasteiger partial charge in [-0.15, -0.1) is 11.3 Å². The van der Waals surface area contributed by atoms with Crippen LogP contribution in [0.3, 0.4) is 0 Å². The summed E-state index contributed by atoms with van der Waals surface area (Å²) in [7, 11) is 1.65. The van der Waals surface area contributed by atoms with Crippen molar-refractivity contribution in [1.82, 2.24) is 4.98 Å². The Hall–Kier alpha value is -0.610. The molecule has 1 aromatic heterocycles. The first-order chi connectivity index (χ1) is 4.83. The molecule has 0 fully saturated rings. The molecule has 1 aromatic rings. The Kier molecular flexibility index (Phi) is 2.65. The third-order valence-corrected chi connectivity index (χ3v) is 1.86. The summed E-state index contributed by atoms with van der Waals surface area (Å²) in [5, 5.41) is 3.92. The smallest absolute Gasteiger partial charge is 0.184 e. The van der Waals surface area contributed by atoms with Gasteiger partial charge in [-0.05, 0) is 6.92 Å². The van der Waals surface area contributed by atoms with Gasteiger partial charge in [0, 0.05) is 18.2 Å². The summed E-state index contributed by atoms with van der Waals surface area (Å²) in [6.07, 6.45) is 1.84. The van der Waals surface area contributed by atoms with E-state index in [0.717, 1.165) is 5.13 Å². The van der Waals surface area contributed by atoms with Crippen molar-refractivity contribution in [2.75, 3.05) is 19.2 Å². The van der Waals surface area contributed by atoms with E-state index in [9.17, 15) is 0 Å². The summed E-state index contributed by atoms with van der Waals surface area (Å²) in [5.41, 5.74) is 0. The fourth-order valence-corrected chi connectivity index (χ4v) is 1.22. The molecule has 1 heterocycles. The molecule has 0 amide bonds. The summed E-state index contributed by atoms with van der Waals surface area (Å²) in [4.78, 5) is 5.29. The number of hydrogen-bond acceptors (Lipinski definition) is 4. The second-order valence-electron chi connectivity index (χ2n) is 1.89. The lowest BCUT2D eigenvalue weighted by Crippen LogP contribution is -2.01. The van der Waals surface area contributed by atoms with E-state index < -0.39 is 0 Å². The van der Waals surface area contributed by atoms with E-state index in [0.29, 0.717) is 6.73 Å². The zero-order valence-corrected chi connectivity index (χ0v) is 6.86. The van der Waals surface area contributed by atoms with E-state index in [-0.39, 0.29) is 0 Å². The Balaban J connectivity index is 2.42. The average Bonchev–Trinajstić information content (AvgIpc) is 2.31. The van der Waals surface area contributed by atoms with Crippen molar-refractivity contribution in [3.05, 3.63) is 11.1 Å². The zero-order chi connectivity index (χ0) is 7.40. The number of hydrogen-bond donors (Lipinski definition) is 1. The van der Waals surface area contributed by atoms with E-state index in [1.807, 2.05) is 13.1 Å². The molecule has 0 saturated heterocycles. The number of aromatic nitrogens is 1. The van der Waals surface area contributed by atoms with Crippen LogP contribution < -0.4 is 5.32 Å². The number of anilines is 1. The van der Waals surface area contributed by atoms with Crippen LogP contribution in [0.25, 0.3) is 0 Å². The molecule has 0 bridgehead atoms. The molecule has 0 unspecified atom stereocenters. The lowest BCUT2D eigenvalue weighted by atomic mass is 10.7. The van der Waals surface area contributed by atoms with Gasteiger partial charge in [0.1, 0.15) is 6.73 Å². The van der Waals surface area contributed by atoms with Crippen molar-refractivity contribution < 1.29 is 4.74 Å². The van der Waals surface area contributed by atoms with Crippen molar-refractivity contribution >= 4 is 16.5 Å². The van der Waals surface area contributed by atoms with Gasteiger partial charge in [-0.2, -0.15) is 0 Å². The second kappa shape index (κ2) is 3.53. The third kappa shape index (κ3) is 1.97. The van der Waals surface area contributed by atoms with Crippen LogP contribution in [-0.4, -0.2) is 18.8 Å². The SMILES string of the molecule is COCNc1ncc(C)s1. The average molecular weight is 158 g/mol. The molecule has 0 radical (unpaired) electrons. The summed E-state index contributed by atoms with van der Waals surface area (Å²) in [5.74, 6) is 0. The maximum atomic E-state index is 4.81. The van der Waals surface area contributed by atoms with Gasteiger partial charge >= 0.3 is 0 Å². The molecule has 56 valence electrons. The maximum Gasteiger partial charge on any atom is 0.184 e. The van der Waals surface area contributed by atoms with Gasteiger partial charge in [0.25, 0.3) is 0 Å². The number of aryl methyl sites for hydroxylation is 1. The normalized spacial score (nSPS) is 9.80. The molecule has 0 aliphatic carbocycles. The molecule has 0 aliphatic heterocycles. The number of thiazole rings is 1. The van der Waals surface area contributed by atoms with Crippen LogP contribution >= 0.6 is 11.3 Å². The van der Waals surface area contributed by atoms with E-state index >= 15 is 0 Å². The minimum atomic E-state index is 0.521. The first kappa shape index (κ1) is 7.50. The largest absolute Gasteiger partial charge is 0.365 e. The maximum absolute atomic E-state index is 4.81. The lowest BCUT2D eigenvalue weighted by molar-refractivity contribution is 0.221. The monoisotopic (exact) mass is 158 g/mol. The first-order valence-electron chi connectivity index (χ1n) is 2.98. The highest BCUT2D eigenvalue weighted by Gasteiger charge is 1.94. The number of rotatable bonds is 3. The van der Waals surface area contributed by atoms with Gasteiger partial charge in [0.15, 0.2) is 5.13 Å². The lowest BCUT2D eigenvalue weighted by Gasteiger charge is -1.97. The minimum Gasteiger partial charge on any atom is -0.365 e.